The molecule has 6 nitrogen and oxygen atoms in total. The first-order valence-electron chi connectivity index (χ1n) is 8.94. The van der Waals surface area contributed by atoms with Gasteiger partial charge in [-0.2, -0.15) is 15.0 Å². The van der Waals surface area contributed by atoms with Crippen LogP contribution >= 0.6 is 11.9 Å². The van der Waals surface area contributed by atoms with Gasteiger partial charge in [-0.3, -0.25) is 4.79 Å². The van der Waals surface area contributed by atoms with Crippen LogP contribution in [0.4, 0.5) is 0 Å². The maximum absolute atomic E-state index is 11.9. The summed E-state index contributed by atoms with van der Waals surface area (Å²) in [6, 6.07) is 9.70. The number of benzene rings is 1. The Kier molecular flexibility index (Phi) is 6.47. The number of hydrazine groups is 1. The SMILES string of the molecule is CC1(C)C=CC(C2=CN(CCCC(=O)OCc3ccccc3)NS2)=NN=C1. The van der Waals surface area contributed by atoms with Crippen molar-refractivity contribution in [3.05, 3.63) is 59.2 Å². The lowest BCUT2D eigenvalue weighted by atomic mass is 9.94. The molecule has 2 aliphatic heterocycles. The van der Waals surface area contributed by atoms with Crippen molar-refractivity contribution in [1.29, 1.82) is 0 Å². The van der Waals surface area contributed by atoms with Crippen molar-refractivity contribution in [2.24, 2.45) is 15.6 Å². The van der Waals surface area contributed by atoms with Crippen LogP contribution in [0.1, 0.15) is 32.3 Å². The van der Waals surface area contributed by atoms with E-state index in [1.165, 1.54) is 11.9 Å². The van der Waals surface area contributed by atoms with E-state index in [2.05, 4.69) is 35.0 Å². The molecule has 27 heavy (non-hydrogen) atoms. The number of carbonyl (C=O) groups is 1. The molecule has 7 heteroatoms. The second-order valence-electron chi connectivity index (χ2n) is 7.01. The van der Waals surface area contributed by atoms with E-state index < -0.39 is 0 Å². The van der Waals surface area contributed by atoms with Crippen LogP contribution in [0.25, 0.3) is 0 Å². The molecule has 2 aliphatic rings. The number of hydrogen-bond donors (Lipinski definition) is 1. The number of rotatable bonds is 7. The second-order valence-corrected chi connectivity index (χ2v) is 7.84. The summed E-state index contributed by atoms with van der Waals surface area (Å²) in [5.41, 5.74) is 1.74. The molecule has 0 fully saturated rings. The summed E-state index contributed by atoms with van der Waals surface area (Å²) < 4.78 is 5.30. The van der Waals surface area contributed by atoms with E-state index in [0.29, 0.717) is 26.0 Å². The molecule has 0 radical (unpaired) electrons. The standard InChI is InChI=1S/C20H24N4O2S/c1-20(2)11-10-17(22-21-15-20)18-13-24(23-27-18)12-6-9-19(25)26-14-16-7-4-3-5-8-16/h3-5,7-8,10-11,13,15,23H,6,9,12,14H2,1-2H3. The Labute approximate surface area is 164 Å². The summed E-state index contributed by atoms with van der Waals surface area (Å²) in [6.45, 7) is 5.21. The highest BCUT2D eigenvalue weighted by atomic mass is 32.2. The van der Waals surface area contributed by atoms with Gasteiger partial charge in [0.2, 0.25) is 0 Å². The normalized spacial score (nSPS) is 18.1. The molecule has 0 aromatic heterocycles. The van der Waals surface area contributed by atoms with Crippen LogP contribution in [-0.4, -0.2) is 29.4 Å². The topological polar surface area (TPSA) is 66.3 Å². The highest BCUT2D eigenvalue weighted by Gasteiger charge is 2.19. The first kappa shape index (κ1) is 19.4. The summed E-state index contributed by atoms with van der Waals surface area (Å²) in [4.78, 5) is 16.1. The maximum Gasteiger partial charge on any atom is 0.306 e. The van der Waals surface area contributed by atoms with Gasteiger partial charge in [-0.25, -0.2) is 0 Å². The largest absolute Gasteiger partial charge is 0.461 e. The second kappa shape index (κ2) is 9.01. The number of ether oxygens (including phenoxy) is 1. The lowest BCUT2D eigenvalue weighted by Gasteiger charge is -2.13. The summed E-state index contributed by atoms with van der Waals surface area (Å²) in [5.74, 6) is -0.178. The molecule has 3 rings (SSSR count). The van der Waals surface area contributed by atoms with Crippen LogP contribution in [0.15, 0.2) is 63.8 Å². The van der Waals surface area contributed by atoms with Gasteiger partial charge in [-0.05, 0) is 30.0 Å². The minimum Gasteiger partial charge on any atom is -0.461 e. The zero-order valence-corrected chi connectivity index (χ0v) is 16.4. The van der Waals surface area contributed by atoms with Gasteiger partial charge in [0.05, 0.1) is 4.91 Å². The van der Waals surface area contributed by atoms with E-state index in [1.54, 1.807) is 0 Å². The van der Waals surface area contributed by atoms with Gasteiger partial charge in [0.25, 0.3) is 0 Å². The Balaban J connectivity index is 1.41. The van der Waals surface area contributed by atoms with Crippen molar-refractivity contribution in [2.45, 2.75) is 33.3 Å². The third-order valence-electron chi connectivity index (χ3n) is 4.05. The van der Waals surface area contributed by atoms with Crippen molar-refractivity contribution in [1.82, 2.24) is 9.84 Å². The zero-order chi connectivity index (χ0) is 19.1. The van der Waals surface area contributed by atoms with Crippen LogP contribution in [0.5, 0.6) is 0 Å². The van der Waals surface area contributed by atoms with Gasteiger partial charge in [0.15, 0.2) is 0 Å². The molecule has 0 saturated carbocycles. The van der Waals surface area contributed by atoms with Crippen LogP contribution < -0.4 is 4.83 Å². The summed E-state index contributed by atoms with van der Waals surface area (Å²) in [6.07, 6.45) is 9.02. The number of carbonyl (C=O) groups excluding carboxylic acids is 1. The van der Waals surface area contributed by atoms with Crippen molar-refractivity contribution >= 4 is 29.8 Å². The molecule has 0 spiro atoms. The van der Waals surface area contributed by atoms with Gasteiger partial charge in [-0.1, -0.05) is 50.3 Å². The predicted octanol–water partition coefficient (Wildman–Crippen LogP) is 3.84. The van der Waals surface area contributed by atoms with Gasteiger partial charge >= 0.3 is 5.97 Å². The van der Waals surface area contributed by atoms with Gasteiger partial charge < -0.3 is 9.75 Å². The predicted molar refractivity (Wildman–Crippen MR) is 110 cm³/mol. The first-order chi connectivity index (χ1) is 13.0. The van der Waals surface area contributed by atoms with Gasteiger partial charge in [0, 0.05) is 30.8 Å². The lowest BCUT2D eigenvalue weighted by molar-refractivity contribution is -0.145. The van der Waals surface area contributed by atoms with Crippen LogP contribution in [0.3, 0.4) is 0 Å². The van der Waals surface area contributed by atoms with E-state index in [0.717, 1.165) is 16.2 Å². The molecule has 0 aliphatic carbocycles. The smallest absolute Gasteiger partial charge is 0.306 e. The highest BCUT2D eigenvalue weighted by molar-refractivity contribution is 8.02. The highest BCUT2D eigenvalue weighted by Crippen LogP contribution is 2.25. The fourth-order valence-electron chi connectivity index (χ4n) is 2.48. The minimum atomic E-state index is -0.178. The van der Waals surface area contributed by atoms with Gasteiger partial charge in [-0.15, -0.1) is 0 Å². The molecule has 0 saturated heterocycles. The van der Waals surface area contributed by atoms with E-state index in [-0.39, 0.29) is 11.4 Å². The average Bonchev–Trinajstić information content (AvgIpc) is 3.04. The fraction of sp³-hybridized carbons (Fsp3) is 0.350. The van der Waals surface area contributed by atoms with E-state index in [4.69, 9.17) is 4.74 Å². The van der Waals surface area contributed by atoms with Crippen molar-refractivity contribution in [2.75, 3.05) is 6.54 Å². The third-order valence-corrected chi connectivity index (χ3v) is 4.91. The third kappa shape index (κ3) is 6.08. The first-order valence-corrected chi connectivity index (χ1v) is 9.76. The summed E-state index contributed by atoms with van der Waals surface area (Å²) in [7, 11) is 0. The Bertz CT molecular complexity index is 784. The van der Waals surface area contributed by atoms with Crippen molar-refractivity contribution in [3.63, 3.8) is 0 Å². The Hall–Kier alpha value is -2.38. The molecule has 0 amide bonds. The lowest BCUT2D eigenvalue weighted by Crippen LogP contribution is -2.25. The number of hydrogen-bond acceptors (Lipinski definition) is 7. The number of nitrogens with one attached hydrogen (secondary N) is 1. The Morgan fingerprint density at radius 1 is 1.30 bits per heavy atom. The average molecular weight is 385 g/mol. The Morgan fingerprint density at radius 3 is 2.93 bits per heavy atom. The molecule has 0 atom stereocenters. The molecule has 1 N–H and O–H groups in total. The minimum absolute atomic E-state index is 0.0949. The number of allylic oxidation sites excluding steroid dienone is 3. The zero-order valence-electron chi connectivity index (χ0n) is 15.6. The molecular formula is C20H24N4O2S. The summed E-state index contributed by atoms with van der Waals surface area (Å²) in [5, 5.41) is 10.4. The molecule has 2 heterocycles. The number of esters is 1. The fourth-order valence-corrected chi connectivity index (χ4v) is 3.23. The maximum atomic E-state index is 11.9. The van der Waals surface area contributed by atoms with Crippen molar-refractivity contribution in [3.8, 4) is 0 Å². The molecule has 0 unspecified atom stereocenters. The molecule has 0 bridgehead atoms. The monoisotopic (exact) mass is 384 g/mol. The Morgan fingerprint density at radius 2 is 2.11 bits per heavy atom. The van der Waals surface area contributed by atoms with Crippen LogP contribution in [-0.2, 0) is 16.1 Å². The van der Waals surface area contributed by atoms with Crippen molar-refractivity contribution < 1.29 is 9.53 Å². The van der Waals surface area contributed by atoms with Gasteiger partial charge in [0.1, 0.15) is 12.3 Å². The van der Waals surface area contributed by atoms with Crippen LogP contribution in [0, 0.1) is 5.41 Å². The summed E-state index contributed by atoms with van der Waals surface area (Å²) >= 11 is 1.50. The molecular weight excluding hydrogens is 360 g/mol. The quantitative estimate of drug-likeness (QED) is 0.571. The molecule has 142 valence electrons. The van der Waals surface area contributed by atoms with Crippen LogP contribution in [0.2, 0.25) is 0 Å². The van der Waals surface area contributed by atoms with E-state index >= 15 is 0 Å². The number of nitrogens with zero attached hydrogens (tertiary/aromatic N) is 3. The van der Waals surface area contributed by atoms with E-state index in [1.807, 2.05) is 53.8 Å². The molecule has 1 aromatic carbocycles. The van der Waals surface area contributed by atoms with E-state index in [9.17, 15) is 4.79 Å². The molecule has 1 aromatic rings.